The summed E-state index contributed by atoms with van der Waals surface area (Å²) in [5, 5.41) is 0. The highest BCUT2D eigenvalue weighted by molar-refractivity contribution is 6.21. The average molecular weight is 236 g/mol. The summed E-state index contributed by atoms with van der Waals surface area (Å²) in [5.41, 5.74) is 5.89. The van der Waals surface area contributed by atoms with Crippen molar-refractivity contribution in [1.29, 1.82) is 0 Å². The molecule has 0 radical (unpaired) electrons. The number of benzene rings is 1. The van der Waals surface area contributed by atoms with Crippen molar-refractivity contribution in [1.82, 2.24) is 0 Å². The Labute approximate surface area is 98.2 Å². The Balaban J connectivity index is 2.47. The maximum atomic E-state index is 13.2. The van der Waals surface area contributed by atoms with Crippen LogP contribution in [0.25, 0.3) is 0 Å². The molecule has 5 heteroatoms. The van der Waals surface area contributed by atoms with Crippen molar-refractivity contribution in [2.24, 2.45) is 11.8 Å². The van der Waals surface area contributed by atoms with Crippen LogP contribution < -0.4 is 10.6 Å². The van der Waals surface area contributed by atoms with Gasteiger partial charge in [0.15, 0.2) is 0 Å². The van der Waals surface area contributed by atoms with E-state index in [1.807, 2.05) is 0 Å². The zero-order chi connectivity index (χ0) is 12.7. The second-order valence-corrected chi connectivity index (χ2v) is 4.33. The topological polar surface area (TPSA) is 63.4 Å². The van der Waals surface area contributed by atoms with Crippen molar-refractivity contribution in [3.05, 3.63) is 24.0 Å². The predicted molar refractivity (Wildman–Crippen MR) is 61.6 cm³/mol. The van der Waals surface area contributed by atoms with Crippen LogP contribution in [-0.2, 0) is 9.59 Å². The van der Waals surface area contributed by atoms with E-state index in [-0.39, 0.29) is 35.0 Å². The largest absolute Gasteiger partial charge is 0.399 e. The number of carbonyl (C=O) groups excluding carboxylic acids is 2. The molecule has 2 atom stereocenters. The predicted octanol–water partition coefficient (Wildman–Crippen LogP) is 1.55. The van der Waals surface area contributed by atoms with Crippen LogP contribution in [0.1, 0.15) is 13.8 Å². The van der Waals surface area contributed by atoms with Gasteiger partial charge in [-0.15, -0.1) is 0 Å². The number of imide groups is 1. The summed E-state index contributed by atoms with van der Waals surface area (Å²) in [6.45, 7) is 3.38. The third kappa shape index (κ3) is 1.77. The Kier molecular flexibility index (Phi) is 2.61. The number of nitrogens with zero attached hydrogens (tertiary/aromatic N) is 1. The minimum absolute atomic E-state index is 0.188. The molecule has 4 nitrogen and oxygen atoms in total. The van der Waals surface area contributed by atoms with E-state index in [2.05, 4.69) is 0 Å². The lowest BCUT2D eigenvalue weighted by Crippen LogP contribution is -2.30. The molecular weight excluding hydrogens is 223 g/mol. The first-order valence-corrected chi connectivity index (χ1v) is 5.35. The van der Waals surface area contributed by atoms with Gasteiger partial charge in [0.25, 0.3) is 0 Å². The van der Waals surface area contributed by atoms with Gasteiger partial charge in [-0.1, -0.05) is 13.8 Å². The molecule has 0 aliphatic carbocycles. The van der Waals surface area contributed by atoms with Crippen molar-refractivity contribution in [3.63, 3.8) is 0 Å². The number of hydrogen-bond acceptors (Lipinski definition) is 3. The zero-order valence-electron chi connectivity index (χ0n) is 9.61. The average Bonchev–Trinajstić information content (AvgIpc) is 2.42. The molecule has 17 heavy (non-hydrogen) atoms. The summed E-state index contributed by atoms with van der Waals surface area (Å²) in [6, 6.07) is 3.70. The molecule has 0 spiro atoms. The number of carbonyl (C=O) groups is 2. The quantitative estimate of drug-likeness (QED) is 0.594. The first-order valence-electron chi connectivity index (χ1n) is 5.35. The van der Waals surface area contributed by atoms with Gasteiger partial charge in [-0.25, -0.2) is 9.29 Å². The van der Waals surface area contributed by atoms with Crippen molar-refractivity contribution in [2.75, 3.05) is 10.6 Å². The first kappa shape index (κ1) is 11.6. The highest BCUT2D eigenvalue weighted by atomic mass is 19.1. The van der Waals surface area contributed by atoms with Gasteiger partial charge in [-0.2, -0.15) is 0 Å². The second kappa shape index (κ2) is 3.84. The van der Waals surface area contributed by atoms with E-state index in [0.29, 0.717) is 0 Å². The Hall–Kier alpha value is -1.91. The first-order chi connectivity index (χ1) is 7.91. The van der Waals surface area contributed by atoms with Gasteiger partial charge in [0, 0.05) is 17.5 Å². The molecule has 90 valence electrons. The van der Waals surface area contributed by atoms with E-state index in [9.17, 15) is 14.0 Å². The smallest absolute Gasteiger partial charge is 0.237 e. The van der Waals surface area contributed by atoms with Gasteiger partial charge >= 0.3 is 0 Å². The van der Waals surface area contributed by atoms with Crippen LogP contribution in [0.4, 0.5) is 15.8 Å². The van der Waals surface area contributed by atoms with E-state index in [1.165, 1.54) is 6.07 Å². The summed E-state index contributed by atoms with van der Waals surface area (Å²) < 4.78 is 13.2. The fraction of sp³-hybridized carbons (Fsp3) is 0.333. The van der Waals surface area contributed by atoms with Gasteiger partial charge in [0.1, 0.15) is 5.82 Å². The number of amides is 2. The number of anilines is 2. The van der Waals surface area contributed by atoms with E-state index in [1.54, 1.807) is 13.8 Å². The zero-order valence-corrected chi connectivity index (χ0v) is 9.61. The van der Waals surface area contributed by atoms with E-state index >= 15 is 0 Å². The molecule has 0 saturated carbocycles. The molecular formula is C12H13FN2O2. The molecule has 1 aliphatic heterocycles. The van der Waals surface area contributed by atoms with Crippen LogP contribution in [0.5, 0.6) is 0 Å². The van der Waals surface area contributed by atoms with Crippen LogP contribution in [-0.4, -0.2) is 11.8 Å². The van der Waals surface area contributed by atoms with Crippen LogP contribution in [0.2, 0.25) is 0 Å². The minimum Gasteiger partial charge on any atom is -0.399 e. The summed E-state index contributed by atoms with van der Waals surface area (Å²) in [4.78, 5) is 24.8. The van der Waals surface area contributed by atoms with E-state index < -0.39 is 5.82 Å². The Morgan fingerprint density at radius 2 is 1.65 bits per heavy atom. The third-order valence-electron chi connectivity index (χ3n) is 3.13. The highest BCUT2D eigenvalue weighted by Crippen LogP contribution is 2.31. The van der Waals surface area contributed by atoms with Crippen molar-refractivity contribution in [3.8, 4) is 0 Å². The number of nitrogens with two attached hydrogens (primary N) is 1. The van der Waals surface area contributed by atoms with Gasteiger partial charge in [0.2, 0.25) is 11.8 Å². The molecule has 1 heterocycles. The molecule has 0 aromatic heterocycles. The number of rotatable bonds is 1. The van der Waals surface area contributed by atoms with E-state index in [0.717, 1.165) is 17.0 Å². The monoisotopic (exact) mass is 236 g/mol. The molecule has 2 amide bonds. The van der Waals surface area contributed by atoms with Crippen molar-refractivity contribution in [2.45, 2.75) is 13.8 Å². The third-order valence-corrected chi connectivity index (χ3v) is 3.13. The molecule has 1 saturated heterocycles. The Morgan fingerprint density at radius 1 is 1.12 bits per heavy atom. The summed E-state index contributed by atoms with van der Waals surface area (Å²) in [6.07, 6.45) is 0. The van der Waals surface area contributed by atoms with Crippen LogP contribution >= 0.6 is 0 Å². The maximum Gasteiger partial charge on any atom is 0.237 e. The van der Waals surface area contributed by atoms with E-state index in [4.69, 9.17) is 5.73 Å². The molecule has 2 rings (SSSR count). The summed E-state index contributed by atoms with van der Waals surface area (Å²) in [5.74, 6) is -1.95. The molecule has 1 aromatic rings. The second-order valence-electron chi connectivity index (χ2n) is 4.33. The van der Waals surface area contributed by atoms with Crippen molar-refractivity contribution >= 4 is 23.2 Å². The number of hydrogen-bond donors (Lipinski definition) is 1. The van der Waals surface area contributed by atoms with Gasteiger partial charge in [-0.05, 0) is 18.2 Å². The fourth-order valence-corrected chi connectivity index (χ4v) is 1.92. The number of nitrogen functional groups attached to an aromatic ring is 1. The lowest BCUT2D eigenvalue weighted by molar-refractivity contribution is -0.122. The van der Waals surface area contributed by atoms with Crippen LogP contribution in [0.3, 0.4) is 0 Å². The summed E-state index contributed by atoms with van der Waals surface area (Å²) >= 11 is 0. The molecule has 1 aromatic carbocycles. The minimum atomic E-state index is -0.562. The summed E-state index contributed by atoms with van der Waals surface area (Å²) in [7, 11) is 0. The lowest BCUT2D eigenvalue weighted by atomic mass is 10.00. The molecule has 2 N–H and O–H groups in total. The standard InChI is InChI=1S/C12H13FN2O2/c1-6-7(2)12(17)15(11(6)16)10-4-8(13)3-9(14)5-10/h3-7H,14H2,1-2H3. The highest BCUT2D eigenvalue weighted by Gasteiger charge is 2.43. The van der Waals surface area contributed by atoms with Gasteiger partial charge in [-0.3, -0.25) is 9.59 Å². The van der Waals surface area contributed by atoms with Crippen molar-refractivity contribution < 1.29 is 14.0 Å². The van der Waals surface area contributed by atoms with Crippen LogP contribution in [0.15, 0.2) is 18.2 Å². The maximum absolute atomic E-state index is 13.2. The Morgan fingerprint density at radius 3 is 2.12 bits per heavy atom. The fourth-order valence-electron chi connectivity index (χ4n) is 1.92. The van der Waals surface area contributed by atoms with Gasteiger partial charge < -0.3 is 5.73 Å². The molecule has 2 unspecified atom stereocenters. The number of halogens is 1. The molecule has 0 bridgehead atoms. The lowest BCUT2D eigenvalue weighted by Gasteiger charge is -2.15. The SMILES string of the molecule is CC1C(=O)N(c2cc(N)cc(F)c2)C(=O)C1C. The molecule has 1 aliphatic rings. The Bertz CT molecular complexity index is 461. The normalized spacial score (nSPS) is 24.5. The van der Waals surface area contributed by atoms with Crippen LogP contribution in [0, 0.1) is 17.7 Å². The molecule has 1 fully saturated rings. The van der Waals surface area contributed by atoms with Gasteiger partial charge in [0.05, 0.1) is 5.69 Å².